The number of rotatable bonds is 5. The third-order valence-electron chi connectivity index (χ3n) is 2.08. The van der Waals surface area contributed by atoms with Gasteiger partial charge in [-0.25, -0.2) is 0 Å². The van der Waals surface area contributed by atoms with Crippen molar-refractivity contribution in [2.45, 2.75) is 34.1 Å². The summed E-state index contributed by atoms with van der Waals surface area (Å²) in [4.78, 5) is 11.5. The van der Waals surface area contributed by atoms with E-state index in [1.54, 1.807) is 0 Å². The Balaban J connectivity index is 4.04. The molecule has 0 fully saturated rings. The van der Waals surface area contributed by atoms with Crippen LogP contribution in [0.2, 0.25) is 0 Å². The molecule has 0 bridgehead atoms. The van der Waals surface area contributed by atoms with Gasteiger partial charge in [-0.3, -0.25) is 4.79 Å². The Labute approximate surface area is 75.5 Å². The van der Waals surface area contributed by atoms with Crippen molar-refractivity contribution in [3.8, 4) is 0 Å². The number of hydrogen-bond acceptors (Lipinski definition) is 2. The van der Waals surface area contributed by atoms with Gasteiger partial charge in [-0.05, 0) is 11.8 Å². The fraction of sp³-hybridized carbons (Fsp3) is 0.900. The lowest BCUT2D eigenvalue weighted by Gasteiger charge is -2.18. The van der Waals surface area contributed by atoms with E-state index in [0.29, 0.717) is 30.6 Å². The van der Waals surface area contributed by atoms with Gasteiger partial charge in [-0.1, -0.05) is 27.7 Å². The summed E-state index contributed by atoms with van der Waals surface area (Å²) in [6.45, 7) is 8.71. The Bertz CT molecular complexity index is 141. The zero-order valence-electron chi connectivity index (χ0n) is 8.63. The van der Waals surface area contributed by atoms with E-state index in [0.717, 1.165) is 0 Å². The molecule has 2 heteroatoms. The molecule has 0 aromatic carbocycles. The van der Waals surface area contributed by atoms with Crippen molar-refractivity contribution in [1.29, 1.82) is 0 Å². The number of carbonyl (C=O) groups is 1. The highest BCUT2D eigenvalue weighted by Crippen LogP contribution is 2.15. The lowest BCUT2D eigenvalue weighted by Crippen LogP contribution is -2.29. The summed E-state index contributed by atoms with van der Waals surface area (Å²) in [5, 5.41) is 0. The number of hydrogen-bond donors (Lipinski definition) is 1. The second kappa shape index (κ2) is 5.31. The number of ketones is 1. The van der Waals surface area contributed by atoms with Gasteiger partial charge < -0.3 is 5.73 Å². The van der Waals surface area contributed by atoms with E-state index in [9.17, 15) is 4.79 Å². The maximum absolute atomic E-state index is 11.5. The molecule has 0 saturated carbocycles. The first-order chi connectivity index (χ1) is 5.49. The largest absolute Gasteiger partial charge is 0.330 e. The molecule has 0 aliphatic heterocycles. The van der Waals surface area contributed by atoms with Crippen LogP contribution in [0.5, 0.6) is 0 Å². The molecular weight excluding hydrogens is 150 g/mol. The summed E-state index contributed by atoms with van der Waals surface area (Å²) in [6.07, 6.45) is 0.667. The van der Waals surface area contributed by atoms with Gasteiger partial charge in [0.15, 0.2) is 0 Å². The van der Waals surface area contributed by atoms with E-state index in [1.807, 2.05) is 0 Å². The first kappa shape index (κ1) is 11.6. The van der Waals surface area contributed by atoms with E-state index < -0.39 is 0 Å². The van der Waals surface area contributed by atoms with Crippen LogP contribution in [-0.4, -0.2) is 12.3 Å². The molecule has 0 rings (SSSR count). The van der Waals surface area contributed by atoms with E-state index in [2.05, 4.69) is 27.7 Å². The third kappa shape index (κ3) is 3.86. The van der Waals surface area contributed by atoms with Crippen molar-refractivity contribution in [1.82, 2.24) is 0 Å². The van der Waals surface area contributed by atoms with Crippen LogP contribution in [-0.2, 0) is 4.79 Å². The Morgan fingerprint density at radius 3 is 2.00 bits per heavy atom. The molecule has 2 N–H and O–H groups in total. The second-order valence-electron chi connectivity index (χ2n) is 4.15. The van der Waals surface area contributed by atoms with Gasteiger partial charge in [0.05, 0.1) is 0 Å². The van der Waals surface area contributed by atoms with Crippen LogP contribution >= 0.6 is 0 Å². The van der Waals surface area contributed by atoms with Crippen molar-refractivity contribution < 1.29 is 4.79 Å². The molecule has 1 atom stereocenters. The molecule has 2 nitrogen and oxygen atoms in total. The van der Waals surface area contributed by atoms with E-state index >= 15 is 0 Å². The zero-order valence-corrected chi connectivity index (χ0v) is 8.63. The Morgan fingerprint density at radius 2 is 1.75 bits per heavy atom. The molecule has 0 unspecified atom stereocenters. The van der Waals surface area contributed by atoms with Crippen LogP contribution in [0.1, 0.15) is 34.1 Å². The molecule has 0 spiro atoms. The fourth-order valence-electron chi connectivity index (χ4n) is 1.33. The van der Waals surface area contributed by atoms with Crippen molar-refractivity contribution >= 4 is 5.78 Å². The van der Waals surface area contributed by atoms with Crippen LogP contribution in [0, 0.1) is 17.8 Å². The Hall–Kier alpha value is -0.370. The summed E-state index contributed by atoms with van der Waals surface area (Å²) in [6, 6.07) is 0. The average Bonchev–Trinajstić information content (AvgIpc) is 1.85. The van der Waals surface area contributed by atoms with Crippen molar-refractivity contribution in [2.75, 3.05) is 6.54 Å². The fourth-order valence-corrected chi connectivity index (χ4v) is 1.33. The summed E-state index contributed by atoms with van der Waals surface area (Å²) in [5.74, 6) is 1.21. The van der Waals surface area contributed by atoms with Gasteiger partial charge in [-0.15, -0.1) is 0 Å². The van der Waals surface area contributed by atoms with Gasteiger partial charge in [-0.2, -0.15) is 0 Å². The molecular formula is C10H21NO. The van der Waals surface area contributed by atoms with E-state index in [-0.39, 0.29) is 5.92 Å². The summed E-state index contributed by atoms with van der Waals surface area (Å²) < 4.78 is 0. The smallest absolute Gasteiger partial charge is 0.137 e. The molecule has 0 aliphatic carbocycles. The van der Waals surface area contributed by atoms with Gasteiger partial charge in [0.1, 0.15) is 5.78 Å². The predicted octanol–water partition coefficient (Wildman–Crippen LogP) is 1.83. The topological polar surface area (TPSA) is 43.1 Å². The highest BCUT2D eigenvalue weighted by Gasteiger charge is 2.20. The quantitative estimate of drug-likeness (QED) is 0.685. The number of Topliss-reactive ketones (excluding diaryl/α,β-unsaturated/α-hetero) is 1. The summed E-state index contributed by atoms with van der Waals surface area (Å²) in [5.41, 5.74) is 5.53. The number of nitrogens with two attached hydrogens (primary N) is 1. The van der Waals surface area contributed by atoms with Gasteiger partial charge in [0.2, 0.25) is 0 Å². The zero-order chi connectivity index (χ0) is 9.72. The summed E-state index contributed by atoms with van der Waals surface area (Å²) in [7, 11) is 0. The summed E-state index contributed by atoms with van der Waals surface area (Å²) >= 11 is 0. The second-order valence-corrected chi connectivity index (χ2v) is 4.15. The molecule has 0 heterocycles. The van der Waals surface area contributed by atoms with E-state index in [4.69, 9.17) is 5.73 Å². The molecule has 0 amide bonds. The SMILES string of the molecule is CC(C)CC(=O)[C@H](CN)C(C)C. The van der Waals surface area contributed by atoms with Gasteiger partial charge in [0, 0.05) is 18.9 Å². The Kier molecular flexibility index (Phi) is 5.14. The van der Waals surface area contributed by atoms with Gasteiger partial charge >= 0.3 is 0 Å². The third-order valence-corrected chi connectivity index (χ3v) is 2.08. The lowest BCUT2D eigenvalue weighted by atomic mass is 9.88. The molecule has 0 aromatic rings. The Morgan fingerprint density at radius 1 is 1.25 bits per heavy atom. The van der Waals surface area contributed by atoms with Crippen LogP contribution in [0.3, 0.4) is 0 Å². The van der Waals surface area contributed by atoms with Crippen LogP contribution in [0.25, 0.3) is 0 Å². The molecule has 0 saturated heterocycles. The predicted molar refractivity (Wildman–Crippen MR) is 51.8 cm³/mol. The van der Waals surface area contributed by atoms with E-state index in [1.165, 1.54) is 0 Å². The minimum Gasteiger partial charge on any atom is -0.330 e. The normalized spacial score (nSPS) is 13.9. The standard InChI is InChI=1S/C10H21NO/c1-7(2)5-10(12)9(6-11)8(3)4/h7-9H,5-6,11H2,1-4H3/t9-/m1/s1. The van der Waals surface area contributed by atoms with Crippen LogP contribution in [0.15, 0.2) is 0 Å². The number of carbonyl (C=O) groups excluding carboxylic acids is 1. The highest BCUT2D eigenvalue weighted by atomic mass is 16.1. The molecule has 0 aromatic heterocycles. The maximum atomic E-state index is 11.5. The average molecular weight is 171 g/mol. The minimum atomic E-state index is 0.0624. The van der Waals surface area contributed by atoms with Gasteiger partial charge in [0.25, 0.3) is 0 Å². The molecule has 0 radical (unpaired) electrons. The molecule has 12 heavy (non-hydrogen) atoms. The first-order valence-electron chi connectivity index (χ1n) is 4.71. The lowest BCUT2D eigenvalue weighted by molar-refractivity contribution is -0.124. The highest BCUT2D eigenvalue weighted by molar-refractivity contribution is 5.81. The van der Waals surface area contributed by atoms with Crippen LogP contribution < -0.4 is 5.73 Å². The van der Waals surface area contributed by atoms with Crippen LogP contribution in [0.4, 0.5) is 0 Å². The van der Waals surface area contributed by atoms with Crippen molar-refractivity contribution in [3.63, 3.8) is 0 Å². The first-order valence-corrected chi connectivity index (χ1v) is 4.71. The maximum Gasteiger partial charge on any atom is 0.137 e. The van der Waals surface area contributed by atoms with Crippen molar-refractivity contribution in [2.24, 2.45) is 23.5 Å². The minimum absolute atomic E-state index is 0.0624. The van der Waals surface area contributed by atoms with Crippen molar-refractivity contribution in [3.05, 3.63) is 0 Å². The molecule has 0 aliphatic rings. The monoisotopic (exact) mass is 171 g/mol. The molecule has 72 valence electrons.